The molecule has 0 radical (unpaired) electrons. The predicted octanol–water partition coefficient (Wildman–Crippen LogP) is 3.69. The van der Waals surface area contributed by atoms with Gasteiger partial charge in [0.2, 0.25) is 11.8 Å². The summed E-state index contributed by atoms with van der Waals surface area (Å²) in [4.78, 5) is 31.9. The van der Waals surface area contributed by atoms with E-state index >= 15 is 0 Å². The normalized spacial score (nSPS) is 15.3. The molecule has 0 saturated carbocycles. The van der Waals surface area contributed by atoms with Gasteiger partial charge in [-0.1, -0.05) is 62.3 Å². The summed E-state index contributed by atoms with van der Waals surface area (Å²) in [5.74, 6) is 0.904. The first-order valence-electron chi connectivity index (χ1n) is 10.7. The van der Waals surface area contributed by atoms with E-state index in [0.29, 0.717) is 43.2 Å². The number of aromatic nitrogens is 2. The summed E-state index contributed by atoms with van der Waals surface area (Å²) in [6.45, 7) is 7.36. The van der Waals surface area contributed by atoms with Crippen molar-refractivity contribution in [3.8, 4) is 0 Å². The van der Waals surface area contributed by atoms with Gasteiger partial charge in [0.25, 0.3) is 5.91 Å². The van der Waals surface area contributed by atoms with Crippen molar-refractivity contribution >= 4 is 22.6 Å². The Bertz CT molecular complexity index is 1090. The summed E-state index contributed by atoms with van der Waals surface area (Å²) < 4.78 is 5.26. The fraction of sp³-hybridized carbons (Fsp3) is 0.417. The zero-order valence-electron chi connectivity index (χ0n) is 18.2. The van der Waals surface area contributed by atoms with Crippen molar-refractivity contribution in [3.63, 3.8) is 0 Å². The van der Waals surface area contributed by atoms with Crippen LogP contribution < -0.4 is 5.32 Å². The van der Waals surface area contributed by atoms with Gasteiger partial charge in [-0.15, -0.1) is 0 Å². The molecule has 2 aromatic carbocycles. The minimum Gasteiger partial charge on any atom is -0.348 e. The lowest BCUT2D eigenvalue weighted by Gasteiger charge is -2.31. The van der Waals surface area contributed by atoms with E-state index in [2.05, 4.69) is 15.5 Å². The van der Waals surface area contributed by atoms with Crippen molar-refractivity contribution < 1.29 is 14.1 Å². The van der Waals surface area contributed by atoms with E-state index in [-0.39, 0.29) is 29.7 Å². The Hall–Kier alpha value is -3.22. The van der Waals surface area contributed by atoms with Gasteiger partial charge < -0.3 is 14.7 Å². The van der Waals surface area contributed by atoms with E-state index in [1.807, 2.05) is 68.1 Å². The molecule has 2 amide bonds. The molecule has 0 aliphatic carbocycles. The van der Waals surface area contributed by atoms with Gasteiger partial charge in [0.15, 0.2) is 5.82 Å². The van der Waals surface area contributed by atoms with E-state index in [9.17, 15) is 9.59 Å². The summed E-state index contributed by atoms with van der Waals surface area (Å²) in [7, 11) is 0. The number of likely N-dealkylation sites (tertiary alicyclic amines) is 1. The average Bonchev–Trinajstić information content (AvgIpc) is 3.26. The topological polar surface area (TPSA) is 88.3 Å². The molecule has 31 heavy (non-hydrogen) atoms. The van der Waals surface area contributed by atoms with Gasteiger partial charge in [-0.2, -0.15) is 4.98 Å². The van der Waals surface area contributed by atoms with Gasteiger partial charge in [-0.05, 0) is 29.7 Å². The van der Waals surface area contributed by atoms with Gasteiger partial charge in [0, 0.05) is 30.0 Å². The summed E-state index contributed by atoms with van der Waals surface area (Å²) in [5, 5.41) is 8.86. The monoisotopic (exact) mass is 420 g/mol. The van der Waals surface area contributed by atoms with Crippen LogP contribution in [0.1, 0.15) is 55.7 Å². The molecule has 2 heterocycles. The molecule has 7 heteroatoms. The van der Waals surface area contributed by atoms with Crippen LogP contribution >= 0.6 is 0 Å². The second kappa shape index (κ2) is 8.49. The third kappa shape index (κ3) is 4.60. The van der Waals surface area contributed by atoms with Crippen LogP contribution in [-0.2, 0) is 16.8 Å². The summed E-state index contributed by atoms with van der Waals surface area (Å²) >= 11 is 0. The average molecular weight is 421 g/mol. The number of rotatable bonds is 4. The fourth-order valence-corrected chi connectivity index (χ4v) is 3.87. The molecule has 4 rings (SSSR count). The lowest BCUT2D eigenvalue weighted by atomic mass is 9.95. The number of benzene rings is 2. The van der Waals surface area contributed by atoms with Crippen LogP contribution in [-0.4, -0.2) is 39.9 Å². The van der Waals surface area contributed by atoms with Crippen LogP contribution in [0.2, 0.25) is 0 Å². The van der Waals surface area contributed by atoms with Gasteiger partial charge >= 0.3 is 0 Å². The van der Waals surface area contributed by atoms with Crippen LogP contribution in [0.4, 0.5) is 0 Å². The number of carbonyl (C=O) groups is 2. The van der Waals surface area contributed by atoms with Gasteiger partial charge in [-0.25, -0.2) is 0 Å². The first kappa shape index (κ1) is 21.0. The Labute approximate surface area is 181 Å². The van der Waals surface area contributed by atoms with Crippen molar-refractivity contribution in [1.29, 1.82) is 0 Å². The third-order valence-electron chi connectivity index (χ3n) is 5.70. The highest BCUT2D eigenvalue weighted by molar-refractivity contribution is 6.07. The van der Waals surface area contributed by atoms with Gasteiger partial charge in [0.1, 0.15) is 0 Å². The lowest BCUT2D eigenvalue weighted by Crippen LogP contribution is -2.43. The van der Waals surface area contributed by atoms with Gasteiger partial charge in [0.05, 0.1) is 6.54 Å². The zero-order valence-corrected chi connectivity index (χ0v) is 18.2. The van der Waals surface area contributed by atoms with E-state index in [1.54, 1.807) is 0 Å². The van der Waals surface area contributed by atoms with Crippen molar-refractivity contribution in [2.24, 2.45) is 5.92 Å². The van der Waals surface area contributed by atoms with E-state index in [4.69, 9.17) is 4.52 Å². The number of carbonyl (C=O) groups excluding carboxylic acids is 2. The molecule has 1 saturated heterocycles. The second-order valence-corrected chi connectivity index (χ2v) is 9.08. The van der Waals surface area contributed by atoms with Crippen molar-refractivity contribution in [2.75, 3.05) is 13.1 Å². The molecule has 1 aliphatic heterocycles. The minimum atomic E-state index is -0.224. The highest BCUT2D eigenvalue weighted by Crippen LogP contribution is 2.24. The minimum absolute atomic E-state index is 0.0252. The lowest BCUT2D eigenvalue weighted by molar-refractivity contribution is -0.126. The molecule has 1 aromatic heterocycles. The first-order chi connectivity index (χ1) is 14.8. The van der Waals surface area contributed by atoms with Crippen LogP contribution in [0.3, 0.4) is 0 Å². The number of nitrogens with one attached hydrogen (secondary N) is 1. The molecular formula is C24H28N4O3. The molecule has 1 N–H and O–H groups in total. The van der Waals surface area contributed by atoms with Crippen LogP contribution in [0, 0.1) is 5.92 Å². The number of hydrogen-bond donors (Lipinski definition) is 1. The Morgan fingerprint density at radius 2 is 1.81 bits per heavy atom. The van der Waals surface area contributed by atoms with Crippen molar-refractivity contribution in [1.82, 2.24) is 20.4 Å². The summed E-state index contributed by atoms with van der Waals surface area (Å²) in [6, 6.07) is 13.7. The number of nitrogens with zero attached hydrogens (tertiary/aromatic N) is 3. The number of piperidine rings is 1. The maximum absolute atomic E-state index is 13.1. The highest BCUT2D eigenvalue weighted by atomic mass is 16.5. The Kier molecular flexibility index (Phi) is 5.76. The molecule has 0 unspecified atom stereocenters. The van der Waals surface area contributed by atoms with Crippen LogP contribution in [0.15, 0.2) is 47.0 Å². The Morgan fingerprint density at radius 3 is 2.52 bits per heavy atom. The highest BCUT2D eigenvalue weighted by Gasteiger charge is 2.29. The van der Waals surface area contributed by atoms with Gasteiger partial charge in [-0.3, -0.25) is 9.59 Å². The van der Waals surface area contributed by atoms with Crippen LogP contribution in [0.5, 0.6) is 0 Å². The summed E-state index contributed by atoms with van der Waals surface area (Å²) in [5.41, 5.74) is 0.492. The fourth-order valence-electron chi connectivity index (χ4n) is 3.87. The SMILES string of the molecule is CC(C)(C)c1nc(CNC(=O)C2CCN(C(=O)c3cccc4ccccc34)CC2)no1. The van der Waals surface area contributed by atoms with E-state index in [0.717, 1.165) is 10.8 Å². The smallest absolute Gasteiger partial charge is 0.254 e. The molecular weight excluding hydrogens is 392 g/mol. The predicted molar refractivity (Wildman–Crippen MR) is 117 cm³/mol. The van der Waals surface area contributed by atoms with Crippen LogP contribution in [0.25, 0.3) is 10.8 Å². The van der Waals surface area contributed by atoms with Crippen molar-refractivity contribution in [2.45, 2.75) is 45.6 Å². The number of hydrogen-bond acceptors (Lipinski definition) is 5. The third-order valence-corrected chi connectivity index (χ3v) is 5.70. The Balaban J connectivity index is 1.32. The second-order valence-electron chi connectivity index (χ2n) is 9.08. The summed E-state index contributed by atoms with van der Waals surface area (Å²) in [6.07, 6.45) is 1.28. The molecule has 7 nitrogen and oxygen atoms in total. The number of fused-ring (bicyclic) bond motifs is 1. The largest absolute Gasteiger partial charge is 0.348 e. The molecule has 3 aromatic rings. The molecule has 1 fully saturated rings. The molecule has 0 atom stereocenters. The molecule has 0 bridgehead atoms. The molecule has 0 spiro atoms. The van der Waals surface area contributed by atoms with E-state index < -0.39 is 0 Å². The number of amides is 2. The molecule has 162 valence electrons. The maximum Gasteiger partial charge on any atom is 0.254 e. The first-order valence-corrected chi connectivity index (χ1v) is 10.7. The Morgan fingerprint density at radius 1 is 1.10 bits per heavy atom. The van der Waals surface area contributed by atoms with Crippen molar-refractivity contribution in [3.05, 3.63) is 59.7 Å². The standard InChI is InChI=1S/C24H28N4O3/c1-24(2,3)23-26-20(27-31-23)15-25-21(29)17-11-13-28(14-12-17)22(30)19-10-6-8-16-7-4-5-9-18(16)19/h4-10,17H,11-15H2,1-3H3,(H,25,29). The van der Waals surface area contributed by atoms with E-state index in [1.165, 1.54) is 0 Å². The maximum atomic E-state index is 13.1. The quantitative estimate of drug-likeness (QED) is 0.695. The zero-order chi connectivity index (χ0) is 22.0. The molecule has 1 aliphatic rings.